The van der Waals surface area contributed by atoms with E-state index < -0.39 is 18.5 Å². The first-order chi connectivity index (χ1) is 34.7. The number of carboxylic acid groups (broad SMARTS) is 2. The maximum Gasteiger partial charge on any atom is 0.384 e. The molecule has 10 rings (SSSR count). The molecule has 2 N–H and O–H groups in total. The van der Waals surface area contributed by atoms with Crippen LogP contribution in [0.25, 0.3) is 60.4 Å². The first-order valence-corrected chi connectivity index (χ1v) is 22.1. The second-order valence-electron chi connectivity index (χ2n) is 15.7. The third-order valence-corrected chi connectivity index (χ3v) is 11.0. The van der Waals surface area contributed by atoms with E-state index in [0.717, 1.165) is 79.2 Å². The molecular weight excluding hydrogens is 889 g/mol. The van der Waals surface area contributed by atoms with Crippen LogP contribution < -0.4 is 9.80 Å². The molecule has 0 bridgehead atoms. The van der Waals surface area contributed by atoms with Crippen LogP contribution in [0.15, 0.2) is 233 Å². The van der Waals surface area contributed by atoms with Crippen molar-refractivity contribution in [3.8, 4) is 22.6 Å². The summed E-state index contributed by atoms with van der Waals surface area (Å²) in [6.07, 6.45) is 2.20. The van der Waals surface area contributed by atoms with E-state index in [1.165, 1.54) is 6.08 Å². The van der Waals surface area contributed by atoms with Crippen LogP contribution in [0.1, 0.15) is 15.9 Å². The van der Waals surface area contributed by atoms with Gasteiger partial charge in [-0.3, -0.25) is 9.59 Å². The van der Waals surface area contributed by atoms with Crippen molar-refractivity contribution in [1.29, 1.82) is 0 Å². The number of anilines is 6. The van der Waals surface area contributed by atoms with Crippen molar-refractivity contribution in [2.75, 3.05) is 16.3 Å². The Hall–Kier alpha value is -10.2. The molecule has 0 aliphatic carbocycles. The van der Waals surface area contributed by atoms with Gasteiger partial charge in [-0.25, -0.2) is 16.2 Å². The van der Waals surface area contributed by atoms with Crippen molar-refractivity contribution in [3.63, 3.8) is 0 Å². The molecule has 11 nitrogen and oxygen atoms in total. The third kappa shape index (κ3) is 11.7. The summed E-state index contributed by atoms with van der Waals surface area (Å²) in [4.78, 5) is 41.4. The Morgan fingerprint density at radius 2 is 0.859 bits per heavy atom. The molecule has 10 aromatic rings. The lowest BCUT2D eigenvalue weighted by Gasteiger charge is -2.25. The van der Waals surface area contributed by atoms with Crippen LogP contribution in [0.4, 0.5) is 34.1 Å². The van der Waals surface area contributed by atoms with Gasteiger partial charge in [0.1, 0.15) is 29.0 Å². The molecule has 0 atom stereocenters. The predicted octanol–water partition coefficient (Wildman–Crippen LogP) is 15.3. The summed E-state index contributed by atoms with van der Waals surface area (Å²) < 4.78 is 12.4. The topological polar surface area (TPSA) is 133 Å². The first kappa shape index (κ1) is 47.3. The van der Waals surface area contributed by atoms with Crippen molar-refractivity contribution in [3.05, 3.63) is 258 Å². The number of nitrogens with zero attached hydrogens (tertiary/aromatic N) is 4. The summed E-state index contributed by atoms with van der Waals surface area (Å²) in [7, 11) is 0. The summed E-state index contributed by atoms with van der Waals surface area (Å²) in [6, 6.07) is 72.0. The van der Waals surface area contributed by atoms with E-state index >= 15 is 0 Å². The normalized spacial score (nSPS) is 10.6. The zero-order chi connectivity index (χ0) is 49.5. The highest BCUT2D eigenvalue weighted by Crippen LogP contribution is 2.39. The quantitative estimate of drug-likeness (QED) is 0.0698. The molecule has 344 valence electrons. The molecule has 2 aromatic heterocycles. The van der Waals surface area contributed by atoms with Gasteiger partial charge in [0.05, 0.1) is 6.57 Å². The maximum atomic E-state index is 11.1. The largest absolute Gasteiger partial charge is 0.486 e. The molecule has 0 radical (unpaired) electrons. The van der Waals surface area contributed by atoms with Crippen LogP contribution in [-0.2, 0) is 9.59 Å². The highest BCUT2D eigenvalue weighted by Gasteiger charge is 2.17. The molecule has 0 aliphatic heterocycles. The number of rotatable bonds is 12. The molecule has 0 spiro atoms. The van der Waals surface area contributed by atoms with Crippen molar-refractivity contribution >= 4 is 80.4 Å². The number of para-hydroxylation sites is 4. The van der Waals surface area contributed by atoms with Crippen LogP contribution in [0.5, 0.6) is 0 Å². The molecule has 0 fully saturated rings. The summed E-state index contributed by atoms with van der Waals surface area (Å²) >= 11 is 0. The van der Waals surface area contributed by atoms with Gasteiger partial charge in [-0.05, 0) is 96.6 Å². The Morgan fingerprint density at radius 1 is 0.479 bits per heavy atom. The average molecular weight is 931 g/mol. The number of benzene rings is 8. The molecular formula is C60H42N4O7. The average Bonchev–Trinajstić information content (AvgIpc) is 4.05. The summed E-state index contributed by atoms with van der Waals surface area (Å²) in [5.74, 6) is -0.810. The zero-order valence-corrected chi connectivity index (χ0v) is 37.9. The van der Waals surface area contributed by atoms with E-state index in [4.69, 9.17) is 32.2 Å². The molecule has 0 saturated carbocycles. The molecule has 0 aliphatic rings. The molecule has 0 saturated heterocycles. The number of hydrogen-bond acceptors (Lipinski definition) is 7. The van der Waals surface area contributed by atoms with Crippen molar-refractivity contribution in [1.82, 2.24) is 0 Å². The second-order valence-corrected chi connectivity index (χ2v) is 15.7. The SMILES string of the molecule is O=Cc1ccc(-c2cc3ccc(N(c4ccccc4)c4ccccc4)cc3o2)cc1.[C-]#[N+]C(=Cc1ccc(-c2cc3ccc(N(c4ccccc4)c4ccccc4)cc3o2)cc1)C(=O)O.[C-]#[N+]CC(=O)O. The lowest BCUT2D eigenvalue weighted by atomic mass is 10.1. The maximum absolute atomic E-state index is 11.1. The number of carbonyl (C=O) groups is 3. The van der Waals surface area contributed by atoms with Crippen LogP contribution in [-0.4, -0.2) is 35.0 Å². The summed E-state index contributed by atoms with van der Waals surface area (Å²) in [5, 5.41) is 18.8. The zero-order valence-electron chi connectivity index (χ0n) is 37.9. The Balaban J connectivity index is 0.000000172. The van der Waals surface area contributed by atoms with E-state index in [2.05, 4.69) is 92.3 Å². The Bertz CT molecular complexity index is 3460. The van der Waals surface area contributed by atoms with E-state index in [-0.39, 0.29) is 5.70 Å². The lowest BCUT2D eigenvalue weighted by Crippen LogP contribution is -2.09. The Kier molecular flexibility index (Phi) is 15.0. The summed E-state index contributed by atoms with van der Waals surface area (Å²) in [6.45, 7) is 12.6. The monoisotopic (exact) mass is 930 g/mol. The molecule has 0 amide bonds. The van der Waals surface area contributed by atoms with E-state index in [1.54, 1.807) is 24.3 Å². The minimum Gasteiger partial charge on any atom is -0.486 e. The fourth-order valence-corrected chi connectivity index (χ4v) is 7.64. The van der Waals surface area contributed by atoms with Gasteiger partial charge in [-0.2, -0.15) is 0 Å². The first-order valence-electron chi connectivity index (χ1n) is 22.1. The Labute approximate surface area is 409 Å². The van der Waals surface area contributed by atoms with Gasteiger partial charge >= 0.3 is 18.5 Å². The van der Waals surface area contributed by atoms with Crippen LogP contribution >= 0.6 is 0 Å². The number of hydrogen-bond donors (Lipinski definition) is 2. The van der Waals surface area contributed by atoms with Gasteiger partial charge in [-0.1, -0.05) is 121 Å². The van der Waals surface area contributed by atoms with Crippen molar-refractivity contribution in [2.24, 2.45) is 0 Å². The van der Waals surface area contributed by atoms with E-state index in [1.807, 2.05) is 121 Å². The van der Waals surface area contributed by atoms with Gasteiger partial charge in [0.2, 0.25) is 0 Å². The fourth-order valence-electron chi connectivity index (χ4n) is 7.64. The number of fused-ring (bicyclic) bond motifs is 2. The minimum atomic E-state index is -1.24. The lowest BCUT2D eigenvalue weighted by molar-refractivity contribution is -0.135. The standard InChI is InChI=1S/C30H20N2O3.C27H19NO2.C3H3NO2/c1-31-27(30(33)34)18-21-12-14-22(15-13-21)28-19-23-16-17-26(20-29(23)35-28)32(24-8-4-2-5-9-24)25-10-6-3-7-11-25;29-19-20-11-13-21(14-12-20)26-17-22-15-16-25(18-27(22)30-26)28(23-7-3-1-4-8-23)24-9-5-2-6-10-24;1-4-2-3(5)6/h2-20H,(H,33,34);1-19H;2H2,(H,5,6). The van der Waals surface area contributed by atoms with Gasteiger partial charge in [0, 0.05) is 73.7 Å². The van der Waals surface area contributed by atoms with Gasteiger partial charge < -0.3 is 33.7 Å². The number of carbonyl (C=O) groups excluding carboxylic acids is 1. The van der Waals surface area contributed by atoms with E-state index in [9.17, 15) is 14.4 Å². The summed E-state index contributed by atoms with van der Waals surface area (Å²) in [5.41, 5.74) is 10.6. The van der Waals surface area contributed by atoms with Crippen molar-refractivity contribution < 1.29 is 33.4 Å². The highest BCUT2D eigenvalue weighted by atomic mass is 16.4. The second kappa shape index (κ2) is 22.5. The Morgan fingerprint density at radius 3 is 1.17 bits per heavy atom. The van der Waals surface area contributed by atoms with Crippen LogP contribution in [0.3, 0.4) is 0 Å². The minimum absolute atomic E-state index is 0.324. The number of aliphatic carboxylic acids is 2. The smallest absolute Gasteiger partial charge is 0.384 e. The molecule has 71 heavy (non-hydrogen) atoms. The van der Waals surface area contributed by atoms with Gasteiger partial charge in [0.15, 0.2) is 0 Å². The number of aldehydes is 1. The van der Waals surface area contributed by atoms with Gasteiger partial charge in [0.25, 0.3) is 5.70 Å². The number of furan rings is 2. The predicted molar refractivity (Wildman–Crippen MR) is 279 cm³/mol. The molecule has 8 aromatic carbocycles. The molecule has 0 unspecified atom stereocenters. The van der Waals surface area contributed by atoms with Gasteiger partial charge in [-0.15, -0.1) is 0 Å². The van der Waals surface area contributed by atoms with Crippen LogP contribution in [0, 0.1) is 13.1 Å². The molecule has 2 heterocycles. The van der Waals surface area contributed by atoms with E-state index in [0.29, 0.717) is 16.9 Å². The third-order valence-electron chi connectivity index (χ3n) is 11.0. The van der Waals surface area contributed by atoms with Crippen LogP contribution in [0.2, 0.25) is 0 Å². The fraction of sp³-hybridized carbons (Fsp3) is 0.0167. The number of carboxylic acids is 2. The van der Waals surface area contributed by atoms with Crippen molar-refractivity contribution in [2.45, 2.75) is 0 Å². The molecule has 11 heteroatoms. The highest BCUT2D eigenvalue weighted by molar-refractivity contribution is 5.94.